The average molecular weight is 543 g/mol. The lowest BCUT2D eigenvalue weighted by Crippen LogP contribution is -2.36. The van der Waals surface area contributed by atoms with Crippen LogP contribution in [0.2, 0.25) is 10.0 Å². The zero-order valence-corrected chi connectivity index (χ0v) is 21.9. The van der Waals surface area contributed by atoms with Crippen LogP contribution in [0.3, 0.4) is 0 Å². The number of nitrogens with zero attached hydrogens (tertiary/aromatic N) is 5. The van der Waals surface area contributed by atoms with Gasteiger partial charge in [0, 0.05) is 24.6 Å². The molecule has 2 atom stereocenters. The van der Waals surface area contributed by atoms with Crippen LogP contribution in [0.1, 0.15) is 50.6 Å². The van der Waals surface area contributed by atoms with E-state index in [1.165, 1.54) is 0 Å². The van der Waals surface area contributed by atoms with Gasteiger partial charge in [-0.15, -0.1) is 0 Å². The molecule has 37 heavy (non-hydrogen) atoms. The number of ether oxygens (including phenoxy) is 1. The normalized spacial score (nSPS) is 23.9. The number of anilines is 3. The highest BCUT2D eigenvalue weighted by Crippen LogP contribution is 2.39. The Balaban J connectivity index is 1.53. The lowest BCUT2D eigenvalue weighted by atomic mass is 9.85. The maximum absolute atomic E-state index is 11.8. The van der Waals surface area contributed by atoms with E-state index >= 15 is 0 Å². The van der Waals surface area contributed by atoms with Gasteiger partial charge in [-0.25, -0.2) is 9.97 Å². The van der Waals surface area contributed by atoms with E-state index in [9.17, 15) is 10.1 Å². The number of carbonyl (C=O) groups excluding carboxylic acids is 1. The summed E-state index contributed by atoms with van der Waals surface area (Å²) in [5.41, 5.74) is 7.67. The fourth-order valence-electron chi connectivity index (χ4n) is 5.14. The van der Waals surface area contributed by atoms with Gasteiger partial charge >= 0.3 is 0 Å². The van der Waals surface area contributed by atoms with E-state index < -0.39 is 0 Å². The van der Waals surface area contributed by atoms with Crippen molar-refractivity contribution in [2.75, 3.05) is 23.8 Å². The van der Waals surface area contributed by atoms with Crippen LogP contribution in [-0.4, -0.2) is 44.7 Å². The Kier molecular flexibility index (Phi) is 7.38. The van der Waals surface area contributed by atoms with Crippen LogP contribution in [0.5, 0.6) is 0 Å². The SMILES string of the molecule is C[C@H]1COCC[C@H]1Nc1ncc2nc(Nc3c(Cl)cc(C#N)cc3Cl)n([C@H]3CC[C@@H](C(N)=O)CC3)c2n1. The summed E-state index contributed by atoms with van der Waals surface area (Å²) >= 11 is 12.9. The van der Waals surface area contributed by atoms with Crippen LogP contribution in [0.25, 0.3) is 11.2 Å². The van der Waals surface area contributed by atoms with E-state index in [1.807, 2.05) is 4.57 Å². The molecule has 0 spiro atoms. The number of halogens is 2. The molecule has 1 saturated carbocycles. The maximum atomic E-state index is 11.8. The van der Waals surface area contributed by atoms with E-state index in [4.69, 9.17) is 43.6 Å². The molecule has 3 heterocycles. The number of benzene rings is 1. The molecular formula is C25H28Cl2N8O2. The third-order valence-corrected chi connectivity index (χ3v) is 7.86. The second-order valence-electron chi connectivity index (χ2n) is 9.76. The zero-order chi connectivity index (χ0) is 26.1. The van der Waals surface area contributed by atoms with Gasteiger partial charge in [-0.05, 0) is 50.2 Å². The minimum atomic E-state index is -0.261. The minimum absolute atomic E-state index is 0.0313. The van der Waals surface area contributed by atoms with Crippen molar-refractivity contribution in [3.63, 3.8) is 0 Å². The predicted molar refractivity (Wildman–Crippen MR) is 142 cm³/mol. The molecule has 0 radical (unpaired) electrons. The van der Waals surface area contributed by atoms with Gasteiger partial charge in [0.25, 0.3) is 0 Å². The van der Waals surface area contributed by atoms with Crippen molar-refractivity contribution in [2.24, 2.45) is 17.6 Å². The second-order valence-corrected chi connectivity index (χ2v) is 10.6. The number of nitrogens with two attached hydrogens (primary N) is 1. The Morgan fingerprint density at radius 2 is 1.92 bits per heavy atom. The van der Waals surface area contributed by atoms with Gasteiger partial charge in [-0.1, -0.05) is 30.1 Å². The molecule has 2 aliphatic rings. The molecule has 1 aliphatic heterocycles. The third kappa shape index (κ3) is 5.30. The highest BCUT2D eigenvalue weighted by molar-refractivity contribution is 6.39. The summed E-state index contributed by atoms with van der Waals surface area (Å²) in [6.07, 6.45) is 5.44. The molecule has 1 aliphatic carbocycles. The summed E-state index contributed by atoms with van der Waals surface area (Å²) in [5.74, 6) is 0.977. The molecule has 1 aromatic carbocycles. The molecule has 2 aromatic heterocycles. The van der Waals surface area contributed by atoms with E-state index in [0.29, 0.717) is 76.3 Å². The molecular weight excluding hydrogens is 515 g/mol. The first kappa shape index (κ1) is 25.5. The van der Waals surface area contributed by atoms with Gasteiger partial charge in [0.15, 0.2) is 5.65 Å². The second kappa shape index (κ2) is 10.7. The predicted octanol–water partition coefficient (Wildman–Crippen LogP) is 4.80. The summed E-state index contributed by atoms with van der Waals surface area (Å²) in [6.45, 7) is 3.54. The fourth-order valence-corrected chi connectivity index (χ4v) is 5.72. The third-order valence-electron chi connectivity index (χ3n) is 7.26. The number of rotatable bonds is 6. The first-order valence-corrected chi connectivity index (χ1v) is 13.1. The van der Waals surface area contributed by atoms with Gasteiger partial charge in [0.05, 0.1) is 40.2 Å². The summed E-state index contributed by atoms with van der Waals surface area (Å²) < 4.78 is 7.60. The lowest BCUT2D eigenvalue weighted by Gasteiger charge is -2.30. The number of nitrogens with one attached hydrogen (secondary N) is 2. The van der Waals surface area contributed by atoms with Crippen molar-refractivity contribution >= 4 is 57.9 Å². The van der Waals surface area contributed by atoms with Crippen LogP contribution in [-0.2, 0) is 9.53 Å². The Labute approximate surface area is 224 Å². The molecule has 10 nitrogen and oxygen atoms in total. The number of imidazole rings is 1. The Bertz CT molecular complexity index is 1340. The lowest BCUT2D eigenvalue weighted by molar-refractivity contribution is -0.122. The number of hydrogen-bond acceptors (Lipinski definition) is 8. The topological polar surface area (TPSA) is 144 Å². The molecule has 1 amide bonds. The van der Waals surface area contributed by atoms with Crippen LogP contribution in [0, 0.1) is 23.2 Å². The zero-order valence-electron chi connectivity index (χ0n) is 20.4. The highest BCUT2D eigenvalue weighted by Gasteiger charge is 2.30. The van der Waals surface area contributed by atoms with Crippen molar-refractivity contribution in [1.29, 1.82) is 5.26 Å². The molecule has 0 bridgehead atoms. The Hall–Kier alpha value is -3.13. The molecule has 5 rings (SSSR count). The summed E-state index contributed by atoms with van der Waals surface area (Å²) in [5, 5.41) is 16.6. The summed E-state index contributed by atoms with van der Waals surface area (Å²) in [6, 6.07) is 5.40. The van der Waals surface area contributed by atoms with Gasteiger partial charge in [-0.2, -0.15) is 10.2 Å². The number of nitriles is 1. The Morgan fingerprint density at radius 1 is 1.19 bits per heavy atom. The number of aromatic nitrogens is 4. The van der Waals surface area contributed by atoms with Crippen molar-refractivity contribution in [3.8, 4) is 6.07 Å². The number of hydrogen-bond donors (Lipinski definition) is 3. The maximum Gasteiger partial charge on any atom is 0.224 e. The van der Waals surface area contributed by atoms with E-state index in [0.717, 1.165) is 19.3 Å². The molecule has 0 unspecified atom stereocenters. The first-order valence-electron chi connectivity index (χ1n) is 12.4. The molecule has 12 heteroatoms. The van der Waals surface area contributed by atoms with E-state index in [-0.39, 0.29) is 23.9 Å². The van der Waals surface area contributed by atoms with Gasteiger partial charge in [-0.3, -0.25) is 9.36 Å². The minimum Gasteiger partial charge on any atom is -0.381 e. The molecule has 194 valence electrons. The van der Waals surface area contributed by atoms with Gasteiger partial charge in [0.2, 0.25) is 17.8 Å². The van der Waals surface area contributed by atoms with Crippen LogP contribution < -0.4 is 16.4 Å². The number of fused-ring (bicyclic) bond motifs is 1. The number of amides is 1. The molecule has 4 N–H and O–H groups in total. The van der Waals surface area contributed by atoms with Gasteiger partial charge in [0.1, 0.15) is 5.52 Å². The monoisotopic (exact) mass is 542 g/mol. The summed E-state index contributed by atoms with van der Waals surface area (Å²) in [7, 11) is 0. The number of primary amides is 1. The fraction of sp³-hybridized carbons (Fsp3) is 0.480. The Morgan fingerprint density at radius 3 is 2.57 bits per heavy atom. The largest absolute Gasteiger partial charge is 0.381 e. The first-order chi connectivity index (χ1) is 17.8. The molecule has 3 aromatic rings. The van der Waals surface area contributed by atoms with Crippen molar-refractivity contribution in [2.45, 2.75) is 51.1 Å². The van der Waals surface area contributed by atoms with Crippen LogP contribution in [0.15, 0.2) is 18.3 Å². The van der Waals surface area contributed by atoms with Crippen LogP contribution >= 0.6 is 23.2 Å². The summed E-state index contributed by atoms with van der Waals surface area (Å²) in [4.78, 5) is 25.9. The van der Waals surface area contributed by atoms with E-state index in [2.05, 4.69) is 28.6 Å². The average Bonchev–Trinajstić information content (AvgIpc) is 3.24. The highest BCUT2D eigenvalue weighted by atomic mass is 35.5. The van der Waals surface area contributed by atoms with Crippen molar-refractivity contribution in [1.82, 2.24) is 19.5 Å². The van der Waals surface area contributed by atoms with E-state index in [1.54, 1.807) is 18.3 Å². The van der Waals surface area contributed by atoms with Crippen LogP contribution in [0.4, 0.5) is 17.6 Å². The molecule has 2 fully saturated rings. The number of carbonyl (C=O) groups is 1. The molecule has 1 saturated heterocycles. The van der Waals surface area contributed by atoms with Crippen molar-refractivity contribution < 1.29 is 9.53 Å². The smallest absolute Gasteiger partial charge is 0.224 e. The quantitative estimate of drug-likeness (QED) is 0.402. The van der Waals surface area contributed by atoms with Crippen molar-refractivity contribution in [3.05, 3.63) is 33.9 Å². The van der Waals surface area contributed by atoms with Gasteiger partial charge < -0.3 is 21.1 Å². The standard InChI is InChI=1S/C25H28Cl2N8O2/c1-13-12-37-7-6-19(13)31-24-30-11-20-23(34-24)35(16-4-2-15(3-5-16)22(29)36)25(32-20)33-21-17(26)8-14(10-28)9-18(21)27/h8-9,11,13,15-16,19H,2-7,12H2,1H3,(H2,29,36)(H,32,33)(H,30,31,34)/t13-,15-,16+,19+/m0/s1.